The lowest BCUT2D eigenvalue weighted by molar-refractivity contribution is -0.115. The molecule has 7 heteroatoms. The lowest BCUT2D eigenvalue weighted by atomic mass is 10.2. The van der Waals surface area contributed by atoms with Gasteiger partial charge in [0.15, 0.2) is 0 Å². The summed E-state index contributed by atoms with van der Waals surface area (Å²) in [6.45, 7) is 2.89. The molecule has 0 bridgehead atoms. The molecule has 1 aliphatic rings. The second-order valence-electron chi connectivity index (χ2n) is 5.32. The van der Waals surface area contributed by atoms with Crippen LogP contribution in [0.5, 0.6) is 0 Å². The van der Waals surface area contributed by atoms with Crippen LogP contribution in [0.2, 0.25) is 0 Å². The Kier molecular flexibility index (Phi) is 5.45. The maximum absolute atomic E-state index is 12.2. The molecule has 6 nitrogen and oxygen atoms in total. The summed E-state index contributed by atoms with van der Waals surface area (Å²) in [6, 6.07) is 11.2. The molecule has 0 saturated carbocycles. The number of amides is 2. The molecule has 1 aliphatic heterocycles. The summed E-state index contributed by atoms with van der Waals surface area (Å²) in [5.74, 6) is -0.484. The van der Waals surface area contributed by atoms with Gasteiger partial charge < -0.3 is 20.3 Å². The molecular formula is C17H19N3O3S. The van der Waals surface area contributed by atoms with Crippen LogP contribution in [0.25, 0.3) is 0 Å². The molecule has 0 aliphatic carbocycles. The summed E-state index contributed by atoms with van der Waals surface area (Å²) >= 11 is 1.35. The maximum atomic E-state index is 12.2. The van der Waals surface area contributed by atoms with Crippen LogP contribution in [0.4, 0.5) is 11.4 Å². The fraction of sp³-hybridized carbons (Fsp3) is 0.294. The number of anilines is 2. The lowest BCUT2D eigenvalue weighted by Crippen LogP contribution is -2.37. The number of nitrogens with zero attached hydrogens (tertiary/aromatic N) is 1. The third-order valence-corrected chi connectivity index (χ3v) is 4.55. The molecule has 1 fully saturated rings. The van der Waals surface area contributed by atoms with Crippen molar-refractivity contribution in [1.82, 2.24) is 5.32 Å². The molecule has 24 heavy (non-hydrogen) atoms. The topological polar surface area (TPSA) is 70.7 Å². The van der Waals surface area contributed by atoms with Crippen molar-refractivity contribution in [3.05, 3.63) is 46.7 Å². The molecule has 1 aromatic carbocycles. The van der Waals surface area contributed by atoms with Crippen LogP contribution in [0.3, 0.4) is 0 Å². The fourth-order valence-corrected chi connectivity index (χ4v) is 3.15. The Morgan fingerprint density at radius 2 is 1.92 bits per heavy atom. The molecule has 126 valence electrons. The van der Waals surface area contributed by atoms with Crippen LogP contribution in [-0.2, 0) is 9.53 Å². The summed E-state index contributed by atoms with van der Waals surface area (Å²) < 4.78 is 5.37. The summed E-state index contributed by atoms with van der Waals surface area (Å²) in [5, 5.41) is 7.33. The van der Waals surface area contributed by atoms with Gasteiger partial charge in [-0.2, -0.15) is 0 Å². The highest BCUT2D eigenvalue weighted by atomic mass is 32.1. The zero-order valence-corrected chi connectivity index (χ0v) is 14.0. The van der Waals surface area contributed by atoms with Crippen molar-refractivity contribution in [3.63, 3.8) is 0 Å². The molecule has 0 unspecified atom stereocenters. The first-order chi connectivity index (χ1) is 11.7. The summed E-state index contributed by atoms with van der Waals surface area (Å²) in [7, 11) is 0. The molecule has 3 rings (SSSR count). The van der Waals surface area contributed by atoms with Crippen LogP contribution in [0.15, 0.2) is 41.8 Å². The van der Waals surface area contributed by atoms with E-state index in [1.807, 2.05) is 29.6 Å². The zero-order chi connectivity index (χ0) is 16.8. The van der Waals surface area contributed by atoms with Gasteiger partial charge in [0.2, 0.25) is 5.91 Å². The van der Waals surface area contributed by atoms with E-state index in [0.717, 1.165) is 24.5 Å². The van der Waals surface area contributed by atoms with E-state index in [9.17, 15) is 9.59 Å². The second-order valence-corrected chi connectivity index (χ2v) is 6.27. The van der Waals surface area contributed by atoms with Crippen molar-refractivity contribution in [2.45, 2.75) is 0 Å². The first-order valence-corrected chi connectivity index (χ1v) is 8.65. The number of para-hydroxylation sites is 2. The molecule has 1 aromatic heterocycles. The first-order valence-electron chi connectivity index (χ1n) is 7.77. The van der Waals surface area contributed by atoms with E-state index >= 15 is 0 Å². The highest BCUT2D eigenvalue weighted by molar-refractivity contribution is 7.12. The Hall–Kier alpha value is -2.38. The maximum Gasteiger partial charge on any atom is 0.261 e. The van der Waals surface area contributed by atoms with Gasteiger partial charge in [-0.1, -0.05) is 18.2 Å². The van der Waals surface area contributed by atoms with E-state index in [2.05, 4.69) is 15.5 Å². The molecule has 2 heterocycles. The Morgan fingerprint density at radius 1 is 1.12 bits per heavy atom. The van der Waals surface area contributed by atoms with E-state index in [4.69, 9.17) is 4.74 Å². The van der Waals surface area contributed by atoms with Crippen molar-refractivity contribution in [1.29, 1.82) is 0 Å². The minimum Gasteiger partial charge on any atom is -0.378 e. The van der Waals surface area contributed by atoms with Crippen LogP contribution in [0, 0.1) is 0 Å². The standard InChI is InChI=1S/C17H19N3O3S/c21-16(12-18-17(22)15-6-3-11-24-15)19-13-4-1-2-5-14(13)20-7-9-23-10-8-20/h1-6,11H,7-10,12H2,(H,18,22)(H,19,21). The Morgan fingerprint density at radius 3 is 2.67 bits per heavy atom. The predicted molar refractivity (Wildman–Crippen MR) is 94.8 cm³/mol. The van der Waals surface area contributed by atoms with E-state index in [1.165, 1.54) is 11.3 Å². The molecular weight excluding hydrogens is 326 g/mol. The average Bonchev–Trinajstić information content (AvgIpc) is 3.16. The summed E-state index contributed by atoms with van der Waals surface area (Å²) in [4.78, 5) is 26.8. The number of hydrogen-bond donors (Lipinski definition) is 2. The van der Waals surface area contributed by atoms with Crippen molar-refractivity contribution in [2.75, 3.05) is 43.1 Å². The lowest BCUT2D eigenvalue weighted by Gasteiger charge is -2.30. The molecule has 2 N–H and O–H groups in total. The zero-order valence-electron chi connectivity index (χ0n) is 13.2. The van der Waals surface area contributed by atoms with Gasteiger partial charge in [0.05, 0.1) is 36.0 Å². The Bertz CT molecular complexity index is 697. The molecule has 1 saturated heterocycles. The van der Waals surface area contributed by atoms with Crippen molar-refractivity contribution >= 4 is 34.5 Å². The minimum absolute atomic E-state index is 0.0613. The van der Waals surface area contributed by atoms with E-state index < -0.39 is 0 Å². The highest BCUT2D eigenvalue weighted by Gasteiger charge is 2.16. The number of morpholine rings is 1. The SMILES string of the molecule is O=C(CNC(=O)c1cccs1)Nc1ccccc1N1CCOCC1. The number of benzene rings is 1. The minimum atomic E-state index is -0.249. The van der Waals surface area contributed by atoms with Crippen molar-refractivity contribution < 1.29 is 14.3 Å². The van der Waals surface area contributed by atoms with Gasteiger partial charge in [0.1, 0.15) is 0 Å². The molecule has 0 radical (unpaired) electrons. The van der Waals surface area contributed by atoms with Gasteiger partial charge in [-0.25, -0.2) is 0 Å². The number of rotatable bonds is 5. The summed E-state index contributed by atoms with van der Waals surface area (Å²) in [6.07, 6.45) is 0. The number of carbonyl (C=O) groups is 2. The number of ether oxygens (including phenoxy) is 1. The third-order valence-electron chi connectivity index (χ3n) is 3.68. The highest BCUT2D eigenvalue weighted by Crippen LogP contribution is 2.26. The molecule has 0 atom stereocenters. The number of carbonyl (C=O) groups excluding carboxylic acids is 2. The van der Waals surface area contributed by atoms with Crippen LogP contribution >= 0.6 is 11.3 Å². The van der Waals surface area contributed by atoms with Crippen LogP contribution in [0.1, 0.15) is 9.67 Å². The average molecular weight is 345 g/mol. The van der Waals surface area contributed by atoms with Crippen LogP contribution in [-0.4, -0.2) is 44.7 Å². The second kappa shape index (κ2) is 7.94. The number of nitrogens with one attached hydrogen (secondary N) is 2. The number of hydrogen-bond acceptors (Lipinski definition) is 5. The monoisotopic (exact) mass is 345 g/mol. The van der Waals surface area contributed by atoms with Crippen molar-refractivity contribution in [2.24, 2.45) is 0 Å². The normalized spacial score (nSPS) is 14.2. The molecule has 2 aromatic rings. The molecule has 2 amide bonds. The van der Waals surface area contributed by atoms with Crippen LogP contribution < -0.4 is 15.5 Å². The Labute approximate surface area is 144 Å². The third kappa shape index (κ3) is 4.12. The van der Waals surface area contributed by atoms with E-state index in [-0.39, 0.29) is 18.4 Å². The van der Waals surface area contributed by atoms with E-state index in [0.29, 0.717) is 18.1 Å². The van der Waals surface area contributed by atoms with Gasteiger partial charge in [-0.15, -0.1) is 11.3 Å². The van der Waals surface area contributed by atoms with Gasteiger partial charge in [-0.05, 0) is 23.6 Å². The van der Waals surface area contributed by atoms with Gasteiger partial charge in [0.25, 0.3) is 5.91 Å². The quantitative estimate of drug-likeness (QED) is 0.869. The summed E-state index contributed by atoms with van der Waals surface area (Å²) in [5.41, 5.74) is 1.72. The van der Waals surface area contributed by atoms with E-state index in [1.54, 1.807) is 12.1 Å². The smallest absolute Gasteiger partial charge is 0.261 e. The predicted octanol–water partition coefficient (Wildman–Crippen LogP) is 1.95. The number of thiophene rings is 1. The largest absolute Gasteiger partial charge is 0.378 e. The van der Waals surface area contributed by atoms with Gasteiger partial charge in [-0.3, -0.25) is 9.59 Å². The fourth-order valence-electron chi connectivity index (χ4n) is 2.51. The van der Waals surface area contributed by atoms with Gasteiger partial charge >= 0.3 is 0 Å². The first kappa shape index (κ1) is 16.5. The van der Waals surface area contributed by atoms with Crippen molar-refractivity contribution in [3.8, 4) is 0 Å². The molecule has 0 spiro atoms. The van der Waals surface area contributed by atoms with Gasteiger partial charge in [0, 0.05) is 13.1 Å². The Balaban J connectivity index is 1.59.